The minimum atomic E-state index is -0.0371. The topological polar surface area (TPSA) is 97.1 Å². The van der Waals surface area contributed by atoms with Crippen LogP contribution in [0.2, 0.25) is 0 Å². The van der Waals surface area contributed by atoms with E-state index in [-0.39, 0.29) is 12.0 Å². The van der Waals surface area contributed by atoms with Crippen LogP contribution in [0, 0.1) is 6.92 Å². The van der Waals surface area contributed by atoms with Crippen molar-refractivity contribution in [3.63, 3.8) is 0 Å². The molecule has 0 bridgehead atoms. The number of aromatic amines is 1. The summed E-state index contributed by atoms with van der Waals surface area (Å²) in [5.41, 5.74) is 1.36. The molecule has 0 spiro atoms. The van der Waals surface area contributed by atoms with Crippen molar-refractivity contribution >= 4 is 5.91 Å². The second-order valence-corrected chi connectivity index (χ2v) is 6.90. The normalized spacial score (nSPS) is 20.8. The van der Waals surface area contributed by atoms with Crippen LogP contribution in [0.1, 0.15) is 59.5 Å². The van der Waals surface area contributed by atoms with Gasteiger partial charge in [0.05, 0.1) is 12.7 Å². The number of aryl methyl sites for hydroxylation is 1. The average molecular weight is 345 g/mol. The predicted octanol–water partition coefficient (Wildman–Crippen LogP) is 1.84. The highest BCUT2D eigenvalue weighted by Gasteiger charge is 2.30. The Morgan fingerprint density at radius 2 is 2.32 bits per heavy atom. The van der Waals surface area contributed by atoms with E-state index in [1.165, 1.54) is 0 Å². The van der Waals surface area contributed by atoms with E-state index in [1.54, 1.807) is 6.07 Å². The van der Waals surface area contributed by atoms with Crippen molar-refractivity contribution in [1.82, 2.24) is 25.2 Å². The van der Waals surface area contributed by atoms with Crippen molar-refractivity contribution in [2.75, 3.05) is 19.7 Å². The van der Waals surface area contributed by atoms with Crippen LogP contribution < -0.4 is 0 Å². The third-order valence-corrected chi connectivity index (χ3v) is 4.68. The Morgan fingerprint density at radius 3 is 3.08 bits per heavy atom. The minimum Gasteiger partial charge on any atom is -0.376 e. The summed E-state index contributed by atoms with van der Waals surface area (Å²) < 4.78 is 11.2. The van der Waals surface area contributed by atoms with Gasteiger partial charge in [-0.2, -0.15) is 10.1 Å². The number of rotatable bonds is 6. The molecule has 0 radical (unpaired) electrons. The number of amides is 1. The first-order valence-corrected chi connectivity index (χ1v) is 8.94. The van der Waals surface area contributed by atoms with Crippen LogP contribution in [-0.2, 0) is 11.2 Å². The highest BCUT2D eigenvalue weighted by molar-refractivity contribution is 5.92. The number of nitrogens with one attached hydrogen (secondary N) is 1. The third-order valence-electron chi connectivity index (χ3n) is 4.68. The molecule has 2 aliphatic rings. The summed E-state index contributed by atoms with van der Waals surface area (Å²) in [6.07, 6.45) is 4.89. The molecule has 2 fully saturated rings. The fourth-order valence-corrected chi connectivity index (χ4v) is 3.13. The molecule has 8 heteroatoms. The second-order valence-electron chi connectivity index (χ2n) is 6.90. The van der Waals surface area contributed by atoms with E-state index in [0.717, 1.165) is 43.8 Å². The first-order valence-electron chi connectivity index (χ1n) is 8.94. The van der Waals surface area contributed by atoms with Crippen molar-refractivity contribution < 1.29 is 14.1 Å². The lowest BCUT2D eigenvalue weighted by molar-refractivity contribution is 0.00232. The van der Waals surface area contributed by atoms with Crippen molar-refractivity contribution in [2.24, 2.45) is 0 Å². The van der Waals surface area contributed by atoms with E-state index in [1.807, 2.05) is 11.8 Å². The summed E-state index contributed by atoms with van der Waals surface area (Å²) >= 11 is 0. The largest absolute Gasteiger partial charge is 0.376 e. The van der Waals surface area contributed by atoms with E-state index >= 15 is 0 Å². The number of piperidine rings is 1. The summed E-state index contributed by atoms with van der Waals surface area (Å²) in [7, 11) is 0. The van der Waals surface area contributed by atoms with Crippen LogP contribution in [0.15, 0.2) is 10.6 Å². The number of ether oxygens (including phenoxy) is 1. The van der Waals surface area contributed by atoms with Crippen LogP contribution in [-0.4, -0.2) is 56.9 Å². The van der Waals surface area contributed by atoms with Crippen LogP contribution in [0.25, 0.3) is 0 Å². The number of H-pyrrole nitrogens is 1. The van der Waals surface area contributed by atoms with E-state index in [9.17, 15) is 4.79 Å². The van der Waals surface area contributed by atoms with Crippen LogP contribution in [0.4, 0.5) is 0 Å². The molecule has 0 aromatic carbocycles. The molecule has 1 saturated heterocycles. The molecule has 1 aliphatic heterocycles. The Hall–Kier alpha value is -2.22. The van der Waals surface area contributed by atoms with Gasteiger partial charge in [-0.05, 0) is 38.7 Å². The van der Waals surface area contributed by atoms with Gasteiger partial charge in [-0.25, -0.2) is 0 Å². The lowest BCUT2D eigenvalue weighted by Crippen LogP contribution is -2.43. The molecule has 1 amide bonds. The summed E-state index contributed by atoms with van der Waals surface area (Å²) in [6, 6.07) is 1.78. The van der Waals surface area contributed by atoms with Crippen molar-refractivity contribution in [3.05, 3.63) is 29.2 Å². The number of nitrogens with zero attached hydrogens (tertiary/aromatic N) is 4. The molecule has 8 nitrogen and oxygen atoms in total. The molecule has 1 N–H and O–H groups in total. The van der Waals surface area contributed by atoms with Gasteiger partial charge in [0.25, 0.3) is 5.91 Å². The molecule has 3 heterocycles. The van der Waals surface area contributed by atoms with Crippen LogP contribution in [0.3, 0.4) is 0 Å². The zero-order valence-electron chi connectivity index (χ0n) is 14.4. The maximum absolute atomic E-state index is 12.5. The maximum Gasteiger partial charge on any atom is 0.274 e. The van der Waals surface area contributed by atoms with Gasteiger partial charge in [-0.15, -0.1) is 0 Å². The molecule has 1 aliphatic carbocycles. The van der Waals surface area contributed by atoms with Crippen molar-refractivity contribution in [2.45, 2.75) is 51.0 Å². The SMILES string of the molecule is Cc1cc(C(=O)N2CCCC(OCCc3noc(C4CC4)n3)C2)n[nH]1. The predicted molar refractivity (Wildman–Crippen MR) is 88.2 cm³/mol. The molecular weight excluding hydrogens is 322 g/mol. The Balaban J connectivity index is 1.25. The zero-order valence-corrected chi connectivity index (χ0v) is 14.4. The molecule has 2 aromatic rings. The highest BCUT2D eigenvalue weighted by atomic mass is 16.5. The fraction of sp³-hybridized carbons (Fsp3) is 0.647. The Morgan fingerprint density at radius 1 is 1.44 bits per heavy atom. The highest BCUT2D eigenvalue weighted by Crippen LogP contribution is 2.38. The smallest absolute Gasteiger partial charge is 0.274 e. The Bertz CT molecular complexity index is 736. The van der Waals surface area contributed by atoms with E-state index in [2.05, 4.69) is 20.3 Å². The number of aromatic nitrogens is 4. The van der Waals surface area contributed by atoms with Gasteiger partial charge >= 0.3 is 0 Å². The third kappa shape index (κ3) is 3.89. The summed E-state index contributed by atoms with van der Waals surface area (Å²) in [5.74, 6) is 1.91. The quantitative estimate of drug-likeness (QED) is 0.858. The summed E-state index contributed by atoms with van der Waals surface area (Å²) in [5, 5.41) is 10.9. The molecule has 1 atom stereocenters. The molecular formula is C17H23N5O3. The molecule has 1 saturated carbocycles. The first-order chi connectivity index (χ1) is 12.2. The van der Waals surface area contributed by atoms with E-state index in [0.29, 0.717) is 37.0 Å². The fourth-order valence-electron chi connectivity index (χ4n) is 3.13. The number of hydrogen-bond acceptors (Lipinski definition) is 6. The molecule has 4 rings (SSSR count). The average Bonchev–Trinajstić information content (AvgIpc) is 3.21. The van der Waals surface area contributed by atoms with E-state index < -0.39 is 0 Å². The Labute approximate surface area is 145 Å². The van der Waals surface area contributed by atoms with Crippen molar-refractivity contribution in [3.8, 4) is 0 Å². The lowest BCUT2D eigenvalue weighted by atomic mass is 10.1. The van der Waals surface area contributed by atoms with Crippen LogP contribution >= 0.6 is 0 Å². The lowest BCUT2D eigenvalue weighted by Gasteiger charge is -2.32. The monoisotopic (exact) mass is 345 g/mol. The zero-order chi connectivity index (χ0) is 17.2. The van der Waals surface area contributed by atoms with Gasteiger partial charge in [0.1, 0.15) is 5.69 Å². The van der Waals surface area contributed by atoms with E-state index in [4.69, 9.17) is 9.26 Å². The molecule has 1 unspecified atom stereocenters. The van der Waals surface area contributed by atoms with Gasteiger partial charge in [-0.3, -0.25) is 9.89 Å². The first kappa shape index (κ1) is 16.3. The van der Waals surface area contributed by atoms with Gasteiger partial charge in [0.2, 0.25) is 5.89 Å². The van der Waals surface area contributed by atoms with Crippen molar-refractivity contribution in [1.29, 1.82) is 0 Å². The summed E-state index contributed by atoms with van der Waals surface area (Å²) in [4.78, 5) is 18.7. The minimum absolute atomic E-state index is 0.0371. The van der Waals surface area contributed by atoms with Crippen LogP contribution in [0.5, 0.6) is 0 Å². The van der Waals surface area contributed by atoms with Gasteiger partial charge < -0.3 is 14.2 Å². The Kier molecular flexibility index (Phi) is 4.52. The maximum atomic E-state index is 12.5. The number of hydrogen-bond donors (Lipinski definition) is 1. The summed E-state index contributed by atoms with van der Waals surface area (Å²) in [6.45, 7) is 3.78. The number of likely N-dealkylation sites (tertiary alicyclic amines) is 1. The second kappa shape index (κ2) is 6.95. The standard InChI is InChI=1S/C17H23N5O3/c1-11-9-14(20-19-11)17(23)22-7-2-3-13(10-22)24-8-6-15-18-16(25-21-15)12-4-5-12/h9,12-13H,2-8,10H2,1H3,(H,19,20). The number of carbonyl (C=O) groups excluding carboxylic acids is 1. The van der Waals surface area contributed by atoms with Gasteiger partial charge in [-0.1, -0.05) is 5.16 Å². The number of carbonyl (C=O) groups is 1. The molecule has 25 heavy (non-hydrogen) atoms. The molecule has 2 aromatic heterocycles. The van der Waals surface area contributed by atoms with Gasteiger partial charge in [0, 0.05) is 31.1 Å². The molecule has 134 valence electrons. The van der Waals surface area contributed by atoms with Gasteiger partial charge in [0.15, 0.2) is 5.82 Å².